The van der Waals surface area contributed by atoms with E-state index in [0.717, 1.165) is 0 Å². The second-order valence-corrected chi connectivity index (χ2v) is 7.59. The van der Waals surface area contributed by atoms with Crippen LogP contribution in [0.4, 0.5) is 16.2 Å². The predicted molar refractivity (Wildman–Crippen MR) is 106 cm³/mol. The number of primary sulfonamides is 1. The third kappa shape index (κ3) is 5.69. The molecule has 0 aliphatic carbocycles. The largest absolute Gasteiger partial charge is 0.495 e. The number of sulfonamides is 1. The topological polar surface area (TPSA) is 140 Å². The van der Waals surface area contributed by atoms with Crippen molar-refractivity contribution in [2.24, 2.45) is 5.14 Å². The maximum absolute atomic E-state index is 12.3. The second kappa shape index (κ2) is 8.72. The lowest BCUT2D eigenvalue weighted by molar-refractivity contribution is -0.114. The van der Waals surface area contributed by atoms with Gasteiger partial charge < -0.3 is 20.7 Å². The molecule has 0 aliphatic rings. The first-order chi connectivity index (χ1) is 13.1. The van der Waals surface area contributed by atoms with E-state index in [9.17, 15) is 18.0 Å². The number of carbonyl (C=O) groups is 2. The fraction of sp³-hybridized carbons (Fsp3) is 0.222. The standard InChI is InChI=1S/C18H22N4O5S/c1-11(13-4-7-15(8-5-13)28(19,25)26)20-18(24)22-16-10-14(21-12(2)23)6-9-17(16)27-3/h4-11H,1-3H3,(H,21,23)(H2,19,25,26)(H2,20,22,24). The summed E-state index contributed by atoms with van der Waals surface area (Å²) in [5, 5.41) is 13.1. The molecular weight excluding hydrogens is 384 g/mol. The van der Waals surface area contributed by atoms with Crippen LogP contribution in [0.5, 0.6) is 5.75 Å². The molecule has 150 valence electrons. The number of ether oxygens (including phenoxy) is 1. The Morgan fingerprint density at radius 3 is 2.25 bits per heavy atom. The molecule has 28 heavy (non-hydrogen) atoms. The molecule has 5 N–H and O–H groups in total. The summed E-state index contributed by atoms with van der Waals surface area (Å²) < 4.78 is 27.8. The van der Waals surface area contributed by atoms with Crippen molar-refractivity contribution >= 4 is 33.3 Å². The Bertz CT molecular complexity index is 974. The van der Waals surface area contributed by atoms with Crippen LogP contribution in [0.15, 0.2) is 47.4 Å². The number of amides is 3. The highest BCUT2D eigenvalue weighted by Gasteiger charge is 2.14. The summed E-state index contributed by atoms with van der Waals surface area (Å²) in [6.07, 6.45) is 0. The van der Waals surface area contributed by atoms with E-state index in [4.69, 9.17) is 9.88 Å². The lowest BCUT2D eigenvalue weighted by Crippen LogP contribution is -2.31. The van der Waals surface area contributed by atoms with E-state index in [0.29, 0.717) is 22.7 Å². The van der Waals surface area contributed by atoms with Crippen molar-refractivity contribution in [3.05, 3.63) is 48.0 Å². The third-order valence-corrected chi connectivity index (χ3v) is 4.75. The van der Waals surface area contributed by atoms with Gasteiger partial charge in [-0.1, -0.05) is 12.1 Å². The van der Waals surface area contributed by atoms with E-state index in [1.54, 1.807) is 37.3 Å². The highest BCUT2D eigenvalue weighted by atomic mass is 32.2. The van der Waals surface area contributed by atoms with Gasteiger partial charge in [-0.3, -0.25) is 4.79 Å². The molecule has 0 fully saturated rings. The summed E-state index contributed by atoms with van der Waals surface area (Å²) in [6.45, 7) is 3.13. The minimum atomic E-state index is -3.77. The average molecular weight is 406 g/mol. The molecule has 0 aromatic heterocycles. The maximum atomic E-state index is 12.3. The highest BCUT2D eigenvalue weighted by molar-refractivity contribution is 7.89. The molecule has 0 radical (unpaired) electrons. The van der Waals surface area contributed by atoms with E-state index in [1.165, 1.54) is 26.2 Å². The van der Waals surface area contributed by atoms with Crippen LogP contribution in [-0.4, -0.2) is 27.5 Å². The minimum Gasteiger partial charge on any atom is -0.495 e. The Balaban J connectivity index is 2.09. The van der Waals surface area contributed by atoms with Gasteiger partial charge in [0.05, 0.1) is 23.7 Å². The van der Waals surface area contributed by atoms with Gasteiger partial charge in [-0.2, -0.15) is 0 Å². The lowest BCUT2D eigenvalue weighted by atomic mass is 10.1. The fourth-order valence-corrected chi connectivity index (χ4v) is 2.99. The number of nitrogens with one attached hydrogen (secondary N) is 3. The van der Waals surface area contributed by atoms with Crippen LogP contribution in [0.1, 0.15) is 25.5 Å². The summed E-state index contributed by atoms with van der Waals surface area (Å²) in [6, 6.07) is 9.84. The van der Waals surface area contributed by atoms with Crippen molar-refractivity contribution in [2.75, 3.05) is 17.7 Å². The molecule has 0 saturated carbocycles. The smallest absolute Gasteiger partial charge is 0.319 e. The van der Waals surface area contributed by atoms with Crippen LogP contribution in [0, 0.1) is 0 Å². The van der Waals surface area contributed by atoms with E-state index in [1.807, 2.05) is 0 Å². The Labute approximate surface area is 163 Å². The van der Waals surface area contributed by atoms with Crippen molar-refractivity contribution < 1.29 is 22.7 Å². The van der Waals surface area contributed by atoms with Crippen molar-refractivity contribution in [3.63, 3.8) is 0 Å². The molecule has 0 heterocycles. The van der Waals surface area contributed by atoms with E-state index >= 15 is 0 Å². The summed E-state index contributed by atoms with van der Waals surface area (Å²) in [5.41, 5.74) is 1.58. The number of hydrogen-bond acceptors (Lipinski definition) is 5. The molecule has 3 amide bonds. The van der Waals surface area contributed by atoms with Gasteiger partial charge in [-0.15, -0.1) is 0 Å². The first-order valence-electron chi connectivity index (χ1n) is 8.26. The molecule has 2 aromatic rings. The van der Waals surface area contributed by atoms with E-state index in [-0.39, 0.29) is 10.8 Å². The van der Waals surface area contributed by atoms with Crippen molar-refractivity contribution in [1.82, 2.24) is 5.32 Å². The van der Waals surface area contributed by atoms with Crippen molar-refractivity contribution in [2.45, 2.75) is 24.8 Å². The Morgan fingerprint density at radius 2 is 1.71 bits per heavy atom. The predicted octanol–water partition coefficient (Wildman–Crippen LogP) is 2.18. The quantitative estimate of drug-likeness (QED) is 0.582. The minimum absolute atomic E-state index is 0.00701. The first-order valence-corrected chi connectivity index (χ1v) is 9.80. The third-order valence-electron chi connectivity index (χ3n) is 3.82. The summed E-state index contributed by atoms with van der Waals surface area (Å²) in [7, 11) is -2.31. The number of rotatable bonds is 6. The molecule has 1 atom stereocenters. The Hall–Kier alpha value is -3.11. The Kier molecular flexibility index (Phi) is 6.60. The second-order valence-electron chi connectivity index (χ2n) is 6.03. The molecular formula is C18H22N4O5S. The van der Waals surface area contributed by atoms with Gasteiger partial charge in [0.25, 0.3) is 0 Å². The van der Waals surface area contributed by atoms with Crippen LogP contribution in [-0.2, 0) is 14.8 Å². The lowest BCUT2D eigenvalue weighted by Gasteiger charge is -2.17. The zero-order valence-corrected chi connectivity index (χ0v) is 16.5. The molecule has 0 spiro atoms. The number of anilines is 2. The number of benzene rings is 2. The van der Waals surface area contributed by atoms with Gasteiger partial charge in [0.2, 0.25) is 15.9 Å². The molecule has 0 saturated heterocycles. The molecule has 2 aromatic carbocycles. The average Bonchev–Trinajstić information content (AvgIpc) is 2.60. The van der Waals surface area contributed by atoms with Gasteiger partial charge in [-0.25, -0.2) is 18.4 Å². The molecule has 9 nitrogen and oxygen atoms in total. The zero-order chi connectivity index (χ0) is 20.9. The molecule has 2 rings (SSSR count). The first kappa shape index (κ1) is 21.2. The summed E-state index contributed by atoms with van der Waals surface area (Å²) in [5.74, 6) is 0.187. The fourth-order valence-electron chi connectivity index (χ4n) is 2.47. The number of carbonyl (C=O) groups excluding carboxylic acids is 2. The van der Waals surface area contributed by atoms with Crippen molar-refractivity contribution in [1.29, 1.82) is 0 Å². The summed E-state index contributed by atoms with van der Waals surface area (Å²) in [4.78, 5) is 23.5. The molecule has 10 heteroatoms. The SMILES string of the molecule is COc1ccc(NC(C)=O)cc1NC(=O)NC(C)c1ccc(S(N)(=O)=O)cc1. The van der Waals surface area contributed by atoms with Crippen molar-refractivity contribution in [3.8, 4) is 5.75 Å². The normalized spacial score (nSPS) is 12.0. The number of urea groups is 1. The van der Waals surface area contributed by atoms with Crippen LogP contribution < -0.4 is 25.8 Å². The number of hydrogen-bond donors (Lipinski definition) is 4. The zero-order valence-electron chi connectivity index (χ0n) is 15.6. The number of methoxy groups -OCH3 is 1. The Morgan fingerprint density at radius 1 is 1.07 bits per heavy atom. The van der Waals surface area contributed by atoms with Crippen LogP contribution in [0.25, 0.3) is 0 Å². The summed E-state index contributed by atoms with van der Waals surface area (Å²) >= 11 is 0. The van der Waals surface area contributed by atoms with Gasteiger partial charge in [0, 0.05) is 12.6 Å². The highest BCUT2D eigenvalue weighted by Crippen LogP contribution is 2.28. The molecule has 0 bridgehead atoms. The maximum Gasteiger partial charge on any atom is 0.319 e. The number of nitrogens with two attached hydrogens (primary N) is 1. The van der Waals surface area contributed by atoms with E-state index in [2.05, 4.69) is 16.0 Å². The van der Waals surface area contributed by atoms with Gasteiger partial charge in [0.1, 0.15) is 5.75 Å². The van der Waals surface area contributed by atoms with Gasteiger partial charge in [0.15, 0.2) is 0 Å². The van der Waals surface area contributed by atoms with E-state index < -0.39 is 22.1 Å². The van der Waals surface area contributed by atoms with Crippen LogP contribution >= 0.6 is 0 Å². The van der Waals surface area contributed by atoms with Gasteiger partial charge in [-0.05, 0) is 42.8 Å². The monoisotopic (exact) mass is 406 g/mol. The molecule has 1 unspecified atom stereocenters. The molecule has 0 aliphatic heterocycles. The van der Waals surface area contributed by atoms with Crippen LogP contribution in [0.2, 0.25) is 0 Å². The van der Waals surface area contributed by atoms with Gasteiger partial charge >= 0.3 is 6.03 Å². The van der Waals surface area contributed by atoms with Crippen LogP contribution in [0.3, 0.4) is 0 Å².